The Kier molecular flexibility index (Phi) is 8.44. The summed E-state index contributed by atoms with van der Waals surface area (Å²) in [5.74, 6) is -0.453. The predicted molar refractivity (Wildman–Crippen MR) is 157 cm³/mol. The Morgan fingerprint density at radius 3 is 2.26 bits per heavy atom. The summed E-state index contributed by atoms with van der Waals surface area (Å²) < 4.78 is 5.89. The van der Waals surface area contributed by atoms with Crippen LogP contribution in [-0.2, 0) is 9.59 Å². The van der Waals surface area contributed by atoms with Crippen molar-refractivity contribution in [3.8, 4) is 5.75 Å². The van der Waals surface area contributed by atoms with E-state index in [-0.39, 0.29) is 11.3 Å². The first-order valence-electron chi connectivity index (χ1n) is 13.6. The average Bonchev–Trinajstić information content (AvgIpc) is 3.18. The van der Waals surface area contributed by atoms with E-state index in [0.717, 1.165) is 41.2 Å². The molecule has 39 heavy (non-hydrogen) atoms. The first kappa shape index (κ1) is 28.0. The van der Waals surface area contributed by atoms with E-state index in [2.05, 4.69) is 32.6 Å². The second-order valence-electron chi connectivity index (χ2n) is 10.5. The van der Waals surface area contributed by atoms with Crippen LogP contribution in [0.1, 0.15) is 56.0 Å². The third kappa shape index (κ3) is 5.70. The highest BCUT2D eigenvalue weighted by Gasteiger charge is 2.47. The highest BCUT2D eigenvalue weighted by atomic mass is 16.5. The van der Waals surface area contributed by atoms with Crippen molar-refractivity contribution >= 4 is 28.8 Å². The van der Waals surface area contributed by atoms with Crippen molar-refractivity contribution in [1.82, 2.24) is 0 Å². The molecule has 1 aliphatic rings. The number of carbonyl (C=O) groups excluding carboxylic acids is 2. The van der Waals surface area contributed by atoms with Gasteiger partial charge in [0.15, 0.2) is 0 Å². The summed E-state index contributed by atoms with van der Waals surface area (Å²) >= 11 is 0. The van der Waals surface area contributed by atoms with Crippen molar-refractivity contribution in [2.45, 2.75) is 47.6 Å². The molecule has 1 aliphatic heterocycles. The monoisotopic (exact) mass is 526 g/mol. The Balaban J connectivity index is 1.84. The molecule has 0 aromatic heterocycles. The van der Waals surface area contributed by atoms with Gasteiger partial charge < -0.3 is 14.7 Å². The number of hydrogen-bond donors (Lipinski definition) is 1. The Morgan fingerprint density at radius 2 is 1.67 bits per heavy atom. The largest absolute Gasteiger partial charge is 0.507 e. The number of nitrogens with zero attached hydrogens (tertiary/aromatic N) is 2. The molecule has 3 aromatic carbocycles. The van der Waals surface area contributed by atoms with E-state index in [1.54, 1.807) is 18.2 Å². The van der Waals surface area contributed by atoms with Crippen LogP contribution in [0.2, 0.25) is 0 Å². The summed E-state index contributed by atoms with van der Waals surface area (Å²) in [6, 6.07) is 20.0. The lowest BCUT2D eigenvalue weighted by Crippen LogP contribution is -2.29. The molecule has 4 rings (SSSR count). The lowest BCUT2D eigenvalue weighted by atomic mass is 9.94. The topological polar surface area (TPSA) is 70.1 Å². The number of aliphatic hydroxyl groups is 1. The minimum absolute atomic E-state index is 0.0762. The van der Waals surface area contributed by atoms with Crippen LogP contribution in [0.5, 0.6) is 5.75 Å². The minimum Gasteiger partial charge on any atom is -0.507 e. The van der Waals surface area contributed by atoms with Gasteiger partial charge in [-0.1, -0.05) is 38.1 Å². The third-order valence-electron chi connectivity index (χ3n) is 7.08. The van der Waals surface area contributed by atoms with E-state index >= 15 is 0 Å². The summed E-state index contributed by atoms with van der Waals surface area (Å²) in [7, 11) is 0. The number of carbonyl (C=O) groups is 2. The van der Waals surface area contributed by atoms with Crippen LogP contribution < -0.4 is 14.5 Å². The molecular weight excluding hydrogens is 488 g/mol. The van der Waals surface area contributed by atoms with E-state index in [1.165, 1.54) is 4.90 Å². The molecule has 0 bridgehead atoms. The fraction of sp³-hybridized carbons (Fsp3) is 0.333. The number of ketones is 1. The summed E-state index contributed by atoms with van der Waals surface area (Å²) in [5, 5.41) is 11.5. The zero-order valence-corrected chi connectivity index (χ0v) is 23.7. The van der Waals surface area contributed by atoms with Crippen molar-refractivity contribution < 1.29 is 19.4 Å². The van der Waals surface area contributed by atoms with Crippen LogP contribution in [0.25, 0.3) is 5.76 Å². The fourth-order valence-corrected chi connectivity index (χ4v) is 5.02. The van der Waals surface area contributed by atoms with Crippen LogP contribution in [0.4, 0.5) is 11.4 Å². The number of aliphatic hydroxyl groups excluding tert-OH is 1. The molecular formula is C33H38N2O4. The molecule has 3 aromatic rings. The Hall–Kier alpha value is -4.06. The Morgan fingerprint density at radius 1 is 0.974 bits per heavy atom. The maximum atomic E-state index is 13.5. The van der Waals surface area contributed by atoms with Gasteiger partial charge in [-0.15, -0.1) is 0 Å². The van der Waals surface area contributed by atoms with Gasteiger partial charge in [-0.25, -0.2) is 0 Å². The molecule has 1 atom stereocenters. The molecule has 0 spiro atoms. The molecule has 204 valence electrons. The number of amides is 1. The van der Waals surface area contributed by atoms with Crippen molar-refractivity contribution in [2.75, 3.05) is 29.5 Å². The molecule has 0 aliphatic carbocycles. The number of hydrogen-bond acceptors (Lipinski definition) is 5. The molecule has 6 nitrogen and oxygen atoms in total. The van der Waals surface area contributed by atoms with Crippen molar-refractivity contribution in [1.29, 1.82) is 0 Å². The Labute approximate surface area is 231 Å². The molecule has 1 N–H and O–H groups in total. The molecule has 0 radical (unpaired) electrons. The molecule has 1 saturated heterocycles. The molecule has 1 amide bonds. The van der Waals surface area contributed by atoms with Gasteiger partial charge in [-0.05, 0) is 92.8 Å². The molecule has 1 fully saturated rings. The van der Waals surface area contributed by atoms with E-state index in [4.69, 9.17) is 4.74 Å². The highest BCUT2D eigenvalue weighted by Crippen LogP contribution is 2.43. The number of benzene rings is 3. The zero-order valence-electron chi connectivity index (χ0n) is 23.7. The van der Waals surface area contributed by atoms with Gasteiger partial charge in [0, 0.05) is 30.0 Å². The van der Waals surface area contributed by atoms with Crippen LogP contribution >= 0.6 is 0 Å². The van der Waals surface area contributed by atoms with Crippen LogP contribution in [0, 0.1) is 19.8 Å². The van der Waals surface area contributed by atoms with Crippen LogP contribution in [0.15, 0.2) is 72.3 Å². The standard InChI is InChI=1S/C33H38N2O4/c1-7-34(8-2)26-15-12-24(13-16-26)30-29(32(37)33(38)35(30)27-11-9-10-22(5)18-27)31(36)25-14-17-28(23(6)19-25)39-20-21(3)4/h9-19,21,30,36H,7-8,20H2,1-6H3/b31-29-. The van der Waals surface area contributed by atoms with Gasteiger partial charge in [-0.2, -0.15) is 0 Å². The molecule has 0 saturated carbocycles. The lowest BCUT2D eigenvalue weighted by molar-refractivity contribution is -0.132. The predicted octanol–water partition coefficient (Wildman–Crippen LogP) is 6.81. The molecule has 1 unspecified atom stereocenters. The summed E-state index contributed by atoms with van der Waals surface area (Å²) in [5.41, 5.74) is 4.78. The van der Waals surface area contributed by atoms with Gasteiger partial charge in [0.05, 0.1) is 18.2 Å². The number of anilines is 2. The number of Topliss-reactive ketones (excluding diaryl/α,β-unsaturated/α-hetero) is 1. The summed E-state index contributed by atoms with van der Waals surface area (Å²) in [6.45, 7) is 14.5. The van der Waals surface area contributed by atoms with Crippen LogP contribution in [0.3, 0.4) is 0 Å². The second kappa shape index (κ2) is 11.8. The first-order valence-corrected chi connectivity index (χ1v) is 13.6. The summed E-state index contributed by atoms with van der Waals surface area (Å²) in [6.07, 6.45) is 0. The third-order valence-corrected chi connectivity index (χ3v) is 7.08. The van der Waals surface area contributed by atoms with Gasteiger partial charge in [0.1, 0.15) is 11.5 Å². The lowest BCUT2D eigenvalue weighted by Gasteiger charge is -2.27. The van der Waals surface area contributed by atoms with E-state index in [1.807, 2.05) is 62.4 Å². The summed E-state index contributed by atoms with van der Waals surface area (Å²) in [4.78, 5) is 30.7. The average molecular weight is 527 g/mol. The quantitative estimate of drug-likeness (QED) is 0.188. The van der Waals surface area contributed by atoms with E-state index in [0.29, 0.717) is 23.8 Å². The number of ether oxygens (including phenoxy) is 1. The minimum atomic E-state index is -0.769. The molecule has 1 heterocycles. The smallest absolute Gasteiger partial charge is 0.300 e. The van der Waals surface area contributed by atoms with E-state index < -0.39 is 17.7 Å². The normalized spacial score (nSPS) is 16.7. The van der Waals surface area contributed by atoms with Gasteiger partial charge in [0.25, 0.3) is 11.7 Å². The van der Waals surface area contributed by atoms with E-state index in [9.17, 15) is 14.7 Å². The van der Waals surface area contributed by atoms with Crippen molar-refractivity contribution in [2.24, 2.45) is 5.92 Å². The first-order chi connectivity index (χ1) is 18.7. The van der Waals surface area contributed by atoms with Crippen LogP contribution in [-0.4, -0.2) is 36.5 Å². The van der Waals surface area contributed by atoms with Crippen molar-refractivity contribution in [3.05, 3.63) is 94.6 Å². The van der Waals surface area contributed by atoms with Gasteiger partial charge >= 0.3 is 0 Å². The number of aryl methyl sites for hydroxylation is 2. The number of rotatable bonds is 9. The second-order valence-corrected chi connectivity index (χ2v) is 10.5. The van der Waals surface area contributed by atoms with Crippen molar-refractivity contribution in [3.63, 3.8) is 0 Å². The van der Waals surface area contributed by atoms with Gasteiger partial charge in [0.2, 0.25) is 0 Å². The fourth-order valence-electron chi connectivity index (χ4n) is 5.02. The van der Waals surface area contributed by atoms with Gasteiger partial charge in [-0.3, -0.25) is 14.5 Å². The maximum Gasteiger partial charge on any atom is 0.300 e. The molecule has 6 heteroatoms. The highest BCUT2D eigenvalue weighted by molar-refractivity contribution is 6.51. The SMILES string of the molecule is CCN(CC)c1ccc(C2/C(=C(/O)c3ccc(OCC(C)C)c(C)c3)C(=O)C(=O)N2c2cccc(C)c2)cc1. The Bertz CT molecular complexity index is 1390. The maximum absolute atomic E-state index is 13.5. The zero-order chi connectivity index (χ0) is 28.3.